The van der Waals surface area contributed by atoms with Crippen LogP contribution in [0.3, 0.4) is 0 Å². The lowest BCUT2D eigenvalue weighted by molar-refractivity contribution is -0.167. The molecule has 440 valence electrons. The van der Waals surface area contributed by atoms with E-state index in [-0.39, 0.29) is 31.1 Å². The zero-order chi connectivity index (χ0) is 54.3. The molecular weight excluding hydrogens is 925 g/mol. The largest absolute Gasteiger partial charge is 0.462 e. The Kier molecular flexibility index (Phi) is 62.1. The summed E-state index contributed by atoms with van der Waals surface area (Å²) >= 11 is 0. The van der Waals surface area contributed by atoms with Gasteiger partial charge in [0.15, 0.2) is 6.10 Å². The molecular formula is C69H128O6. The van der Waals surface area contributed by atoms with E-state index in [1.807, 2.05) is 0 Å². The summed E-state index contributed by atoms with van der Waals surface area (Å²) in [6.45, 7) is 6.57. The quantitative estimate of drug-likeness (QED) is 0.0261. The van der Waals surface area contributed by atoms with Gasteiger partial charge in [-0.15, -0.1) is 0 Å². The van der Waals surface area contributed by atoms with E-state index in [1.54, 1.807) is 0 Å². The molecule has 0 bridgehead atoms. The number of hydrogen-bond acceptors (Lipinski definition) is 6. The van der Waals surface area contributed by atoms with Crippen LogP contribution in [0.25, 0.3) is 0 Å². The van der Waals surface area contributed by atoms with Gasteiger partial charge in [0.05, 0.1) is 0 Å². The van der Waals surface area contributed by atoms with Crippen molar-refractivity contribution in [3.63, 3.8) is 0 Å². The summed E-state index contributed by atoms with van der Waals surface area (Å²) < 4.78 is 16.9. The minimum atomic E-state index is -0.781. The third-order valence-electron chi connectivity index (χ3n) is 15.2. The first kappa shape index (κ1) is 72.6. The molecule has 0 amide bonds. The highest BCUT2D eigenvalue weighted by molar-refractivity contribution is 5.71. The molecule has 1 atom stereocenters. The Morgan fingerprint density at radius 3 is 0.813 bits per heavy atom. The van der Waals surface area contributed by atoms with Crippen LogP contribution in [0.2, 0.25) is 0 Å². The molecule has 0 aromatic heterocycles. The fourth-order valence-corrected chi connectivity index (χ4v) is 10.2. The molecule has 0 aromatic carbocycles. The van der Waals surface area contributed by atoms with Crippen LogP contribution < -0.4 is 0 Å². The smallest absolute Gasteiger partial charge is 0.306 e. The van der Waals surface area contributed by atoms with Gasteiger partial charge in [-0.1, -0.05) is 333 Å². The van der Waals surface area contributed by atoms with Crippen LogP contribution in [0.15, 0.2) is 36.5 Å². The Labute approximate surface area is 467 Å². The molecule has 0 aliphatic heterocycles. The van der Waals surface area contributed by atoms with Crippen LogP contribution in [-0.2, 0) is 28.6 Å². The van der Waals surface area contributed by atoms with Gasteiger partial charge in [0.1, 0.15) is 13.2 Å². The van der Waals surface area contributed by atoms with E-state index in [4.69, 9.17) is 14.2 Å². The van der Waals surface area contributed by atoms with E-state index in [0.717, 1.165) is 83.5 Å². The highest BCUT2D eigenvalue weighted by Gasteiger charge is 2.19. The number of rotatable bonds is 62. The molecule has 0 aliphatic rings. The average Bonchev–Trinajstić information content (AvgIpc) is 3.41. The second-order valence-electron chi connectivity index (χ2n) is 22.7. The van der Waals surface area contributed by atoms with E-state index in [2.05, 4.69) is 57.2 Å². The van der Waals surface area contributed by atoms with E-state index in [0.29, 0.717) is 19.3 Å². The Bertz CT molecular complexity index is 1250. The molecule has 75 heavy (non-hydrogen) atoms. The van der Waals surface area contributed by atoms with E-state index < -0.39 is 6.10 Å². The number of carbonyl (C=O) groups excluding carboxylic acids is 3. The highest BCUT2D eigenvalue weighted by atomic mass is 16.6. The molecule has 1 unspecified atom stereocenters. The van der Waals surface area contributed by atoms with E-state index in [1.165, 1.54) is 244 Å². The zero-order valence-corrected chi connectivity index (χ0v) is 50.6. The molecule has 0 radical (unpaired) electrons. The molecule has 0 heterocycles. The predicted octanol–water partition coefficient (Wildman–Crippen LogP) is 22.8. The van der Waals surface area contributed by atoms with Crippen LogP contribution in [-0.4, -0.2) is 37.2 Å². The monoisotopic (exact) mass is 1050 g/mol. The lowest BCUT2D eigenvalue weighted by Crippen LogP contribution is -2.30. The van der Waals surface area contributed by atoms with Crippen molar-refractivity contribution in [3.05, 3.63) is 36.5 Å². The van der Waals surface area contributed by atoms with Crippen molar-refractivity contribution in [2.75, 3.05) is 13.2 Å². The minimum absolute atomic E-state index is 0.0759. The van der Waals surface area contributed by atoms with Gasteiger partial charge in [-0.25, -0.2) is 0 Å². The highest BCUT2D eigenvalue weighted by Crippen LogP contribution is 2.19. The Hall–Kier alpha value is -2.37. The Balaban J connectivity index is 4.23. The van der Waals surface area contributed by atoms with Crippen LogP contribution >= 0.6 is 0 Å². The minimum Gasteiger partial charge on any atom is -0.462 e. The second kappa shape index (κ2) is 64.2. The summed E-state index contributed by atoms with van der Waals surface area (Å²) in [7, 11) is 0. The Morgan fingerprint density at radius 2 is 0.520 bits per heavy atom. The van der Waals surface area contributed by atoms with Gasteiger partial charge in [-0.2, -0.15) is 0 Å². The number of allylic oxidation sites excluding steroid dienone is 6. The summed E-state index contributed by atoms with van der Waals surface area (Å²) in [6, 6.07) is 0. The normalized spacial score (nSPS) is 12.2. The maximum Gasteiger partial charge on any atom is 0.306 e. The topological polar surface area (TPSA) is 78.9 Å². The first-order valence-electron chi connectivity index (χ1n) is 33.5. The fourth-order valence-electron chi connectivity index (χ4n) is 10.2. The molecule has 0 rings (SSSR count). The number of unbranched alkanes of at least 4 members (excludes halogenated alkanes) is 45. The van der Waals surface area contributed by atoms with E-state index >= 15 is 0 Å². The van der Waals surface area contributed by atoms with Crippen LogP contribution in [0.1, 0.15) is 367 Å². The number of esters is 3. The van der Waals surface area contributed by atoms with Crippen LogP contribution in [0.4, 0.5) is 0 Å². The number of hydrogen-bond donors (Lipinski definition) is 0. The summed E-state index contributed by atoms with van der Waals surface area (Å²) in [6.07, 6.45) is 78.9. The molecule has 0 aliphatic carbocycles. The van der Waals surface area contributed by atoms with Gasteiger partial charge in [0, 0.05) is 19.3 Å². The van der Waals surface area contributed by atoms with Gasteiger partial charge >= 0.3 is 17.9 Å². The van der Waals surface area contributed by atoms with Crippen molar-refractivity contribution in [1.82, 2.24) is 0 Å². The van der Waals surface area contributed by atoms with Gasteiger partial charge in [-0.05, 0) is 51.4 Å². The molecule has 0 saturated heterocycles. The van der Waals surface area contributed by atoms with Crippen LogP contribution in [0, 0.1) is 0 Å². The first-order chi connectivity index (χ1) is 37.0. The summed E-state index contributed by atoms with van der Waals surface area (Å²) in [5.74, 6) is -0.880. The molecule has 0 aromatic rings. The summed E-state index contributed by atoms with van der Waals surface area (Å²) in [5.41, 5.74) is 0. The van der Waals surface area contributed by atoms with Crippen molar-refractivity contribution in [2.45, 2.75) is 374 Å². The number of ether oxygens (including phenoxy) is 3. The molecule has 0 N–H and O–H groups in total. The Morgan fingerprint density at radius 1 is 0.280 bits per heavy atom. The molecule has 0 fully saturated rings. The second-order valence-corrected chi connectivity index (χ2v) is 22.7. The van der Waals surface area contributed by atoms with Crippen molar-refractivity contribution in [2.24, 2.45) is 0 Å². The third kappa shape index (κ3) is 62.4. The maximum atomic E-state index is 12.9. The number of carbonyl (C=O) groups is 3. The summed E-state index contributed by atoms with van der Waals surface area (Å²) in [4.78, 5) is 38.3. The fraction of sp³-hybridized carbons (Fsp3) is 0.870. The van der Waals surface area contributed by atoms with Gasteiger partial charge < -0.3 is 14.2 Å². The van der Waals surface area contributed by atoms with Crippen molar-refractivity contribution in [3.8, 4) is 0 Å². The van der Waals surface area contributed by atoms with Crippen molar-refractivity contribution < 1.29 is 28.6 Å². The first-order valence-corrected chi connectivity index (χ1v) is 33.5. The van der Waals surface area contributed by atoms with Crippen molar-refractivity contribution in [1.29, 1.82) is 0 Å². The lowest BCUT2D eigenvalue weighted by atomic mass is 10.0. The molecule has 6 heteroatoms. The van der Waals surface area contributed by atoms with Gasteiger partial charge in [-0.3, -0.25) is 14.4 Å². The molecule has 0 saturated carbocycles. The van der Waals surface area contributed by atoms with Gasteiger partial charge in [0.2, 0.25) is 0 Å². The SMILES string of the molecule is CC/C=C\C/C=C\C/C=C\CCCCCC(=O)OCC(COC(=O)CCCCCCCCCCCCCCCCCCCCCCCCCCC)OC(=O)CCCCCCCCCCCCCCCCCCCCC. The predicted molar refractivity (Wildman–Crippen MR) is 326 cm³/mol. The summed E-state index contributed by atoms with van der Waals surface area (Å²) in [5, 5.41) is 0. The van der Waals surface area contributed by atoms with Crippen LogP contribution in [0.5, 0.6) is 0 Å². The maximum absolute atomic E-state index is 12.9. The third-order valence-corrected chi connectivity index (χ3v) is 15.2. The van der Waals surface area contributed by atoms with E-state index in [9.17, 15) is 14.4 Å². The molecule has 0 spiro atoms. The van der Waals surface area contributed by atoms with Crippen molar-refractivity contribution >= 4 is 17.9 Å². The average molecular weight is 1050 g/mol. The standard InChI is InChI=1S/C69H128O6/c1-4-7-10-13-16-19-22-25-27-29-31-32-33-34-35-36-38-39-41-44-47-50-53-56-59-62-68(71)74-65-66(64-73-67(70)61-58-55-52-49-46-43-24-21-18-15-12-9-6-3)75-69(72)63-60-57-54-51-48-45-42-40-37-30-28-26-23-20-17-14-11-8-5-2/h9,12,18,21,43,46,66H,4-8,10-11,13-17,19-20,22-42,44-45,47-65H2,1-3H3/b12-9-,21-18-,46-43-. The molecule has 6 nitrogen and oxygen atoms in total. The zero-order valence-electron chi connectivity index (χ0n) is 50.6. The lowest BCUT2D eigenvalue weighted by Gasteiger charge is -2.18. The van der Waals surface area contributed by atoms with Gasteiger partial charge in [0.25, 0.3) is 0 Å².